The molecule has 0 atom stereocenters. The molecule has 0 radical (unpaired) electrons. The summed E-state index contributed by atoms with van der Waals surface area (Å²) in [5, 5.41) is 8.81. The molecular formula is C13H15N3O. The van der Waals surface area contributed by atoms with Crippen LogP contribution in [0.2, 0.25) is 0 Å². The van der Waals surface area contributed by atoms with E-state index < -0.39 is 0 Å². The van der Waals surface area contributed by atoms with E-state index in [1.165, 1.54) is 0 Å². The molecule has 0 unspecified atom stereocenters. The fourth-order valence-electron chi connectivity index (χ4n) is 2.07. The van der Waals surface area contributed by atoms with Crippen molar-refractivity contribution >= 4 is 5.91 Å². The van der Waals surface area contributed by atoms with Gasteiger partial charge in [0.2, 0.25) is 0 Å². The molecule has 0 spiro atoms. The maximum absolute atomic E-state index is 12.2. The van der Waals surface area contributed by atoms with Crippen LogP contribution < -0.4 is 0 Å². The second-order valence-electron chi connectivity index (χ2n) is 4.38. The lowest BCUT2D eigenvalue weighted by molar-refractivity contribution is 0.0707. The summed E-state index contributed by atoms with van der Waals surface area (Å²) in [6.45, 7) is 3.23. The highest BCUT2D eigenvalue weighted by atomic mass is 16.2. The Morgan fingerprint density at radius 3 is 2.82 bits per heavy atom. The third-order valence-electron chi connectivity index (χ3n) is 3.11. The Morgan fingerprint density at radius 1 is 1.53 bits per heavy atom. The van der Waals surface area contributed by atoms with Gasteiger partial charge in [0, 0.05) is 36.5 Å². The molecule has 4 heteroatoms. The number of carbonyl (C=O) groups is 1. The van der Waals surface area contributed by atoms with E-state index in [0.717, 1.165) is 18.5 Å². The number of aromatic nitrogens is 1. The van der Waals surface area contributed by atoms with E-state index in [9.17, 15) is 4.79 Å². The van der Waals surface area contributed by atoms with Crippen LogP contribution in [-0.4, -0.2) is 28.9 Å². The summed E-state index contributed by atoms with van der Waals surface area (Å²) in [6.07, 6.45) is 3.23. The summed E-state index contributed by atoms with van der Waals surface area (Å²) < 4.78 is 0. The summed E-state index contributed by atoms with van der Waals surface area (Å²) >= 11 is 0. The molecule has 0 N–H and O–H groups in total. The fourth-order valence-corrected chi connectivity index (χ4v) is 2.07. The monoisotopic (exact) mass is 229 g/mol. The second-order valence-corrected chi connectivity index (χ2v) is 4.38. The number of amides is 1. The lowest BCUT2D eigenvalue weighted by Crippen LogP contribution is -2.38. The van der Waals surface area contributed by atoms with Crippen molar-refractivity contribution in [3.05, 3.63) is 29.6 Å². The standard InChI is InChI=1S/C13H15N3O/c1-10-8-12(2-5-15-10)13(17)16-6-3-11(9-14)4-7-16/h2,5,8,11H,3-4,6-7H2,1H3. The zero-order chi connectivity index (χ0) is 12.3. The van der Waals surface area contributed by atoms with Gasteiger partial charge in [-0.1, -0.05) is 0 Å². The molecule has 2 heterocycles. The number of rotatable bonds is 1. The molecule has 2 rings (SSSR count). The first-order chi connectivity index (χ1) is 8.20. The van der Waals surface area contributed by atoms with Crippen molar-refractivity contribution in [2.75, 3.05) is 13.1 Å². The molecule has 1 aromatic heterocycles. The molecule has 1 saturated heterocycles. The molecule has 17 heavy (non-hydrogen) atoms. The maximum atomic E-state index is 12.2. The molecule has 4 nitrogen and oxygen atoms in total. The zero-order valence-electron chi connectivity index (χ0n) is 9.89. The molecular weight excluding hydrogens is 214 g/mol. The fraction of sp³-hybridized carbons (Fsp3) is 0.462. The Balaban J connectivity index is 2.05. The summed E-state index contributed by atoms with van der Waals surface area (Å²) in [5.41, 5.74) is 1.54. The minimum Gasteiger partial charge on any atom is -0.339 e. The smallest absolute Gasteiger partial charge is 0.253 e. The Bertz CT molecular complexity index is 456. The Labute approximate surface area is 101 Å². The third kappa shape index (κ3) is 2.62. The number of piperidine rings is 1. The van der Waals surface area contributed by atoms with Gasteiger partial charge >= 0.3 is 0 Å². The molecule has 0 saturated carbocycles. The summed E-state index contributed by atoms with van der Waals surface area (Å²) in [4.78, 5) is 18.1. The topological polar surface area (TPSA) is 57.0 Å². The zero-order valence-corrected chi connectivity index (χ0v) is 9.89. The minimum absolute atomic E-state index is 0.0480. The molecule has 1 aliphatic rings. The average molecular weight is 229 g/mol. The SMILES string of the molecule is Cc1cc(C(=O)N2CCC(C#N)CC2)ccn1. The van der Waals surface area contributed by atoms with Crippen molar-refractivity contribution in [3.63, 3.8) is 0 Å². The van der Waals surface area contributed by atoms with E-state index in [0.29, 0.717) is 18.7 Å². The first-order valence-electron chi connectivity index (χ1n) is 5.82. The van der Waals surface area contributed by atoms with Crippen LogP contribution in [0.4, 0.5) is 0 Å². The van der Waals surface area contributed by atoms with Crippen molar-refractivity contribution in [1.82, 2.24) is 9.88 Å². The van der Waals surface area contributed by atoms with Gasteiger partial charge < -0.3 is 4.90 Å². The number of likely N-dealkylation sites (tertiary alicyclic amines) is 1. The Kier molecular flexibility index (Phi) is 3.38. The average Bonchev–Trinajstić information content (AvgIpc) is 2.38. The molecule has 0 aliphatic carbocycles. The van der Waals surface area contributed by atoms with Crippen molar-refractivity contribution < 1.29 is 4.79 Å². The van der Waals surface area contributed by atoms with Crippen LogP contribution in [0.5, 0.6) is 0 Å². The summed E-state index contributed by atoms with van der Waals surface area (Å²) in [6, 6.07) is 5.81. The first kappa shape index (κ1) is 11.6. The Morgan fingerprint density at radius 2 is 2.24 bits per heavy atom. The number of pyridine rings is 1. The minimum atomic E-state index is 0.0480. The van der Waals surface area contributed by atoms with Crippen molar-refractivity contribution in [1.29, 1.82) is 5.26 Å². The molecule has 1 amide bonds. The lowest BCUT2D eigenvalue weighted by Gasteiger charge is -2.29. The van der Waals surface area contributed by atoms with Crippen LogP contribution in [0.15, 0.2) is 18.3 Å². The molecule has 0 bridgehead atoms. The molecule has 1 fully saturated rings. The van der Waals surface area contributed by atoms with Crippen LogP contribution in [0, 0.1) is 24.2 Å². The van der Waals surface area contributed by atoms with E-state index in [4.69, 9.17) is 5.26 Å². The Hall–Kier alpha value is -1.89. The van der Waals surface area contributed by atoms with E-state index in [1.807, 2.05) is 11.8 Å². The molecule has 0 aromatic carbocycles. The lowest BCUT2D eigenvalue weighted by atomic mass is 9.98. The summed E-state index contributed by atoms with van der Waals surface area (Å²) in [5.74, 6) is 0.158. The van der Waals surface area contributed by atoms with Crippen LogP contribution >= 0.6 is 0 Å². The van der Waals surface area contributed by atoms with Gasteiger partial charge in [-0.2, -0.15) is 5.26 Å². The van der Waals surface area contributed by atoms with Gasteiger partial charge in [-0.15, -0.1) is 0 Å². The largest absolute Gasteiger partial charge is 0.339 e. The van der Waals surface area contributed by atoms with E-state index >= 15 is 0 Å². The van der Waals surface area contributed by atoms with Gasteiger partial charge in [-0.3, -0.25) is 9.78 Å². The predicted molar refractivity (Wildman–Crippen MR) is 63.2 cm³/mol. The number of aryl methyl sites for hydroxylation is 1. The van der Waals surface area contributed by atoms with Gasteiger partial charge in [0.05, 0.1) is 6.07 Å². The van der Waals surface area contributed by atoms with Crippen LogP contribution in [0.25, 0.3) is 0 Å². The van der Waals surface area contributed by atoms with Crippen LogP contribution in [-0.2, 0) is 0 Å². The molecule has 1 aromatic rings. The predicted octanol–water partition coefficient (Wildman–Crippen LogP) is 1.77. The maximum Gasteiger partial charge on any atom is 0.253 e. The first-order valence-corrected chi connectivity index (χ1v) is 5.82. The normalized spacial score (nSPS) is 16.6. The molecule has 1 aliphatic heterocycles. The van der Waals surface area contributed by atoms with E-state index in [1.54, 1.807) is 18.3 Å². The number of carbonyl (C=O) groups excluding carboxylic acids is 1. The van der Waals surface area contributed by atoms with Crippen LogP contribution in [0.1, 0.15) is 28.9 Å². The van der Waals surface area contributed by atoms with Crippen molar-refractivity contribution in [3.8, 4) is 6.07 Å². The van der Waals surface area contributed by atoms with Gasteiger partial charge in [-0.25, -0.2) is 0 Å². The van der Waals surface area contributed by atoms with Gasteiger partial charge in [0.1, 0.15) is 0 Å². The van der Waals surface area contributed by atoms with Crippen molar-refractivity contribution in [2.45, 2.75) is 19.8 Å². The second kappa shape index (κ2) is 4.96. The number of hydrogen-bond acceptors (Lipinski definition) is 3. The highest BCUT2D eigenvalue weighted by Gasteiger charge is 2.23. The van der Waals surface area contributed by atoms with E-state index in [2.05, 4.69) is 11.1 Å². The van der Waals surface area contributed by atoms with Gasteiger partial charge in [-0.05, 0) is 31.9 Å². The number of nitriles is 1. The third-order valence-corrected chi connectivity index (χ3v) is 3.11. The van der Waals surface area contributed by atoms with Gasteiger partial charge in [0.25, 0.3) is 5.91 Å². The molecule has 88 valence electrons. The van der Waals surface area contributed by atoms with Gasteiger partial charge in [0.15, 0.2) is 0 Å². The van der Waals surface area contributed by atoms with Crippen LogP contribution in [0.3, 0.4) is 0 Å². The summed E-state index contributed by atoms with van der Waals surface area (Å²) in [7, 11) is 0. The van der Waals surface area contributed by atoms with Crippen molar-refractivity contribution in [2.24, 2.45) is 5.92 Å². The quantitative estimate of drug-likeness (QED) is 0.737. The number of hydrogen-bond donors (Lipinski definition) is 0. The number of nitrogens with zero attached hydrogens (tertiary/aromatic N) is 3. The highest BCUT2D eigenvalue weighted by molar-refractivity contribution is 5.94. The van der Waals surface area contributed by atoms with E-state index in [-0.39, 0.29) is 11.8 Å². The highest BCUT2D eigenvalue weighted by Crippen LogP contribution is 2.18.